The molecule has 2 amide bonds. The van der Waals surface area contributed by atoms with Crippen LogP contribution in [-0.4, -0.2) is 54.3 Å². The highest BCUT2D eigenvalue weighted by Gasteiger charge is 2.22. The van der Waals surface area contributed by atoms with Gasteiger partial charge in [0.15, 0.2) is 0 Å². The molecule has 1 saturated heterocycles. The number of piperazine rings is 1. The van der Waals surface area contributed by atoms with E-state index in [1.165, 1.54) is 12.1 Å². The number of nitrogens with one attached hydrogen (secondary N) is 1. The lowest BCUT2D eigenvalue weighted by atomic mass is 10.1. The third-order valence-corrected chi connectivity index (χ3v) is 5.22. The second kappa shape index (κ2) is 8.97. The third kappa shape index (κ3) is 5.16. The van der Waals surface area contributed by atoms with Crippen LogP contribution in [0.25, 0.3) is 0 Å². The molecule has 0 aliphatic carbocycles. The summed E-state index contributed by atoms with van der Waals surface area (Å²) < 4.78 is 13.3. The van der Waals surface area contributed by atoms with E-state index in [1.807, 2.05) is 36.9 Å². The molecule has 0 spiro atoms. The molecule has 28 heavy (non-hydrogen) atoms. The van der Waals surface area contributed by atoms with Crippen LogP contribution in [-0.2, 0) is 16.0 Å². The van der Waals surface area contributed by atoms with E-state index in [0.29, 0.717) is 38.3 Å². The minimum atomic E-state index is -0.329. The normalized spacial score (nSPS) is 14.8. The zero-order valence-electron chi connectivity index (χ0n) is 16.4. The standard InChI is InChI=1S/C22H26FN3O2/c1-16-5-3-8-20(17(16)2)24-21(27)15-25-9-11-26(12-10-25)22(28)14-18-6-4-7-19(23)13-18/h3-8,13H,9-12,14-15H2,1-2H3,(H,24,27). The molecule has 0 bridgehead atoms. The molecule has 5 nitrogen and oxygen atoms in total. The third-order valence-electron chi connectivity index (χ3n) is 5.22. The van der Waals surface area contributed by atoms with Crippen molar-refractivity contribution in [3.8, 4) is 0 Å². The number of halogens is 1. The van der Waals surface area contributed by atoms with Crippen molar-refractivity contribution in [1.82, 2.24) is 9.80 Å². The van der Waals surface area contributed by atoms with Crippen LogP contribution in [0.3, 0.4) is 0 Å². The van der Waals surface area contributed by atoms with Gasteiger partial charge in [0.25, 0.3) is 0 Å². The van der Waals surface area contributed by atoms with Crippen molar-refractivity contribution in [2.24, 2.45) is 0 Å². The lowest BCUT2D eigenvalue weighted by Gasteiger charge is -2.34. The molecule has 1 N–H and O–H groups in total. The SMILES string of the molecule is Cc1cccc(NC(=O)CN2CCN(C(=O)Cc3cccc(F)c3)CC2)c1C. The fraction of sp³-hybridized carbons (Fsp3) is 0.364. The van der Waals surface area contributed by atoms with Crippen LogP contribution in [0.4, 0.5) is 10.1 Å². The van der Waals surface area contributed by atoms with E-state index in [-0.39, 0.29) is 24.1 Å². The summed E-state index contributed by atoms with van der Waals surface area (Å²) in [6.45, 7) is 6.76. The van der Waals surface area contributed by atoms with Gasteiger partial charge in [-0.25, -0.2) is 4.39 Å². The molecule has 0 radical (unpaired) electrons. The lowest BCUT2D eigenvalue weighted by Crippen LogP contribution is -2.50. The Balaban J connectivity index is 1.46. The Morgan fingerprint density at radius 2 is 1.75 bits per heavy atom. The Morgan fingerprint density at radius 1 is 1.04 bits per heavy atom. The van der Waals surface area contributed by atoms with Crippen molar-refractivity contribution in [2.75, 3.05) is 38.0 Å². The molecule has 1 fully saturated rings. The topological polar surface area (TPSA) is 52.7 Å². The van der Waals surface area contributed by atoms with Gasteiger partial charge in [-0.2, -0.15) is 0 Å². The quantitative estimate of drug-likeness (QED) is 0.864. The van der Waals surface area contributed by atoms with E-state index < -0.39 is 0 Å². The minimum Gasteiger partial charge on any atom is -0.340 e. The summed E-state index contributed by atoms with van der Waals surface area (Å²) in [6.07, 6.45) is 0.199. The van der Waals surface area contributed by atoms with E-state index in [4.69, 9.17) is 0 Å². The first kappa shape index (κ1) is 20.0. The monoisotopic (exact) mass is 383 g/mol. The Labute approximate surface area is 165 Å². The Morgan fingerprint density at radius 3 is 2.46 bits per heavy atom. The Kier molecular flexibility index (Phi) is 6.41. The molecule has 148 valence electrons. The molecule has 2 aromatic carbocycles. The molecule has 1 aliphatic heterocycles. The van der Waals surface area contributed by atoms with Crippen molar-refractivity contribution in [2.45, 2.75) is 20.3 Å². The Hall–Kier alpha value is -2.73. The van der Waals surface area contributed by atoms with Gasteiger partial charge in [0, 0.05) is 31.9 Å². The van der Waals surface area contributed by atoms with Crippen LogP contribution in [0.5, 0.6) is 0 Å². The van der Waals surface area contributed by atoms with Crippen LogP contribution in [0.15, 0.2) is 42.5 Å². The number of hydrogen-bond donors (Lipinski definition) is 1. The smallest absolute Gasteiger partial charge is 0.238 e. The van der Waals surface area contributed by atoms with Crippen molar-refractivity contribution < 1.29 is 14.0 Å². The highest BCUT2D eigenvalue weighted by atomic mass is 19.1. The van der Waals surface area contributed by atoms with Crippen molar-refractivity contribution >= 4 is 17.5 Å². The molecular formula is C22H26FN3O2. The highest BCUT2D eigenvalue weighted by Crippen LogP contribution is 2.18. The van der Waals surface area contributed by atoms with Crippen molar-refractivity contribution in [1.29, 1.82) is 0 Å². The van der Waals surface area contributed by atoms with Gasteiger partial charge in [-0.05, 0) is 48.7 Å². The summed E-state index contributed by atoms with van der Waals surface area (Å²) in [4.78, 5) is 28.6. The summed E-state index contributed by atoms with van der Waals surface area (Å²) in [5.41, 5.74) is 3.74. The van der Waals surface area contributed by atoms with E-state index in [2.05, 4.69) is 5.32 Å². The van der Waals surface area contributed by atoms with E-state index in [1.54, 1.807) is 17.0 Å². The second-order valence-corrected chi connectivity index (χ2v) is 7.26. The van der Waals surface area contributed by atoms with Crippen molar-refractivity contribution in [3.05, 3.63) is 65.0 Å². The van der Waals surface area contributed by atoms with E-state index in [0.717, 1.165) is 16.8 Å². The number of rotatable bonds is 5. The second-order valence-electron chi connectivity index (χ2n) is 7.26. The van der Waals surface area contributed by atoms with Gasteiger partial charge in [0.1, 0.15) is 5.82 Å². The average molecular weight is 383 g/mol. The maximum atomic E-state index is 13.3. The fourth-order valence-electron chi connectivity index (χ4n) is 3.37. The van der Waals surface area contributed by atoms with Gasteiger partial charge in [-0.3, -0.25) is 14.5 Å². The number of nitrogens with zero attached hydrogens (tertiary/aromatic N) is 2. The van der Waals surface area contributed by atoms with Gasteiger partial charge in [0.2, 0.25) is 11.8 Å². The summed E-state index contributed by atoms with van der Waals surface area (Å²) in [5, 5.41) is 2.97. The van der Waals surface area contributed by atoms with Crippen LogP contribution in [0.1, 0.15) is 16.7 Å². The van der Waals surface area contributed by atoms with Gasteiger partial charge in [-0.1, -0.05) is 24.3 Å². The van der Waals surface area contributed by atoms with Crippen LogP contribution < -0.4 is 5.32 Å². The Bertz CT molecular complexity index is 861. The molecule has 3 rings (SSSR count). The predicted octanol–water partition coefficient (Wildman–Crippen LogP) is 2.77. The van der Waals surface area contributed by atoms with Gasteiger partial charge >= 0.3 is 0 Å². The van der Waals surface area contributed by atoms with Gasteiger partial charge in [0.05, 0.1) is 13.0 Å². The summed E-state index contributed by atoms with van der Waals surface area (Å²) in [6, 6.07) is 12.0. The maximum absolute atomic E-state index is 13.3. The molecule has 0 aromatic heterocycles. The fourth-order valence-corrected chi connectivity index (χ4v) is 3.37. The number of carbonyl (C=O) groups excluding carboxylic acids is 2. The minimum absolute atomic E-state index is 0.00918. The number of aryl methyl sites for hydroxylation is 1. The average Bonchev–Trinajstić information content (AvgIpc) is 2.66. The predicted molar refractivity (Wildman–Crippen MR) is 108 cm³/mol. The van der Waals surface area contributed by atoms with Crippen LogP contribution in [0.2, 0.25) is 0 Å². The van der Waals surface area contributed by atoms with Crippen molar-refractivity contribution in [3.63, 3.8) is 0 Å². The van der Waals surface area contributed by atoms with Crippen LogP contribution >= 0.6 is 0 Å². The molecule has 6 heteroatoms. The number of anilines is 1. The highest BCUT2D eigenvalue weighted by molar-refractivity contribution is 5.93. The summed E-state index contributed by atoms with van der Waals surface area (Å²) in [7, 11) is 0. The van der Waals surface area contributed by atoms with Crippen LogP contribution in [0, 0.1) is 19.7 Å². The van der Waals surface area contributed by atoms with E-state index >= 15 is 0 Å². The molecule has 1 heterocycles. The molecule has 0 unspecified atom stereocenters. The van der Waals surface area contributed by atoms with Gasteiger partial charge < -0.3 is 10.2 Å². The zero-order valence-corrected chi connectivity index (χ0v) is 16.4. The summed E-state index contributed by atoms with van der Waals surface area (Å²) in [5.74, 6) is -0.386. The largest absolute Gasteiger partial charge is 0.340 e. The number of carbonyl (C=O) groups is 2. The van der Waals surface area contributed by atoms with E-state index in [9.17, 15) is 14.0 Å². The summed E-state index contributed by atoms with van der Waals surface area (Å²) >= 11 is 0. The molecular weight excluding hydrogens is 357 g/mol. The molecule has 2 aromatic rings. The number of amides is 2. The first-order chi connectivity index (χ1) is 13.4. The zero-order chi connectivity index (χ0) is 20.1. The molecule has 0 atom stereocenters. The first-order valence-corrected chi connectivity index (χ1v) is 9.53. The molecule has 0 saturated carbocycles. The lowest BCUT2D eigenvalue weighted by molar-refractivity contribution is -0.132. The number of benzene rings is 2. The maximum Gasteiger partial charge on any atom is 0.238 e. The first-order valence-electron chi connectivity index (χ1n) is 9.53. The molecule has 1 aliphatic rings. The number of hydrogen-bond acceptors (Lipinski definition) is 3. The van der Waals surface area contributed by atoms with Gasteiger partial charge in [-0.15, -0.1) is 0 Å².